The molecule has 0 unspecified atom stereocenters. The molecule has 1 aromatic carbocycles. The van der Waals surface area contributed by atoms with Crippen LogP contribution in [0.4, 0.5) is 15.8 Å². The number of anilines is 2. The molecule has 1 amide bonds. The van der Waals surface area contributed by atoms with Gasteiger partial charge in [-0.05, 0) is 30.9 Å². The molecule has 1 aliphatic heterocycles. The monoisotopic (exact) mass is 251 g/mol. The van der Waals surface area contributed by atoms with Gasteiger partial charge in [-0.25, -0.2) is 4.39 Å². The van der Waals surface area contributed by atoms with Crippen molar-refractivity contribution in [3.8, 4) is 0 Å². The molecule has 0 atom stereocenters. The first kappa shape index (κ1) is 12.7. The van der Waals surface area contributed by atoms with Gasteiger partial charge in [0.05, 0.1) is 11.4 Å². The number of piperidine rings is 1. The zero-order chi connectivity index (χ0) is 13.1. The van der Waals surface area contributed by atoms with Gasteiger partial charge >= 0.3 is 0 Å². The predicted octanol–water partition coefficient (Wildman–Crippen LogP) is 1.50. The fraction of sp³-hybridized carbons (Fsp3) is 0.462. The van der Waals surface area contributed by atoms with Crippen LogP contribution in [0.25, 0.3) is 0 Å². The van der Waals surface area contributed by atoms with Crippen molar-refractivity contribution in [2.45, 2.75) is 19.3 Å². The Kier molecular flexibility index (Phi) is 3.69. The second kappa shape index (κ2) is 5.25. The van der Waals surface area contributed by atoms with Crippen LogP contribution in [-0.4, -0.2) is 19.0 Å². The lowest BCUT2D eigenvalue weighted by Crippen LogP contribution is -2.35. The number of primary amides is 1. The molecule has 4 N–H and O–H groups in total. The summed E-state index contributed by atoms with van der Waals surface area (Å²) in [4.78, 5) is 12.9. The Labute approximate surface area is 106 Å². The molecule has 0 bridgehead atoms. The van der Waals surface area contributed by atoms with Gasteiger partial charge in [0, 0.05) is 19.5 Å². The highest BCUT2D eigenvalue weighted by Gasteiger charge is 2.22. The standard InChI is InChI=1S/C13H18FN3O/c14-10-2-1-3-11(13(10)16)17-6-4-9(5-7-17)8-12(15)18/h1-3,9H,4-8,16H2,(H2,15,18). The molecule has 1 saturated heterocycles. The van der Waals surface area contributed by atoms with E-state index in [2.05, 4.69) is 4.90 Å². The molecule has 1 aromatic rings. The minimum atomic E-state index is -0.383. The summed E-state index contributed by atoms with van der Waals surface area (Å²) in [7, 11) is 0. The summed E-state index contributed by atoms with van der Waals surface area (Å²) >= 11 is 0. The van der Waals surface area contributed by atoms with Crippen LogP contribution < -0.4 is 16.4 Å². The fourth-order valence-corrected chi connectivity index (χ4v) is 2.46. The van der Waals surface area contributed by atoms with Gasteiger partial charge in [-0.3, -0.25) is 4.79 Å². The van der Waals surface area contributed by atoms with Crippen LogP contribution in [-0.2, 0) is 4.79 Å². The molecular weight excluding hydrogens is 233 g/mol. The Morgan fingerprint density at radius 1 is 1.39 bits per heavy atom. The molecule has 1 heterocycles. The minimum Gasteiger partial charge on any atom is -0.395 e. The number of nitrogen functional groups attached to an aromatic ring is 1. The van der Waals surface area contributed by atoms with Gasteiger partial charge < -0.3 is 16.4 Å². The van der Waals surface area contributed by atoms with Crippen molar-refractivity contribution in [1.82, 2.24) is 0 Å². The Bertz CT molecular complexity index is 442. The average Bonchev–Trinajstić information content (AvgIpc) is 2.33. The molecule has 0 saturated carbocycles. The Morgan fingerprint density at radius 3 is 2.67 bits per heavy atom. The van der Waals surface area contributed by atoms with Gasteiger partial charge in [0.25, 0.3) is 0 Å². The molecule has 5 heteroatoms. The van der Waals surface area contributed by atoms with Crippen LogP contribution in [0.3, 0.4) is 0 Å². The number of hydrogen-bond acceptors (Lipinski definition) is 3. The number of rotatable bonds is 3. The third kappa shape index (κ3) is 2.72. The van der Waals surface area contributed by atoms with Crippen molar-refractivity contribution in [3.05, 3.63) is 24.0 Å². The first-order valence-corrected chi connectivity index (χ1v) is 6.15. The van der Waals surface area contributed by atoms with Crippen LogP contribution in [0.2, 0.25) is 0 Å². The van der Waals surface area contributed by atoms with Gasteiger partial charge in [-0.15, -0.1) is 0 Å². The molecule has 1 fully saturated rings. The third-order valence-corrected chi connectivity index (χ3v) is 3.47. The Balaban J connectivity index is 2.01. The Hall–Kier alpha value is -1.78. The number of para-hydroxylation sites is 1. The predicted molar refractivity (Wildman–Crippen MR) is 69.6 cm³/mol. The number of halogens is 1. The highest BCUT2D eigenvalue weighted by Crippen LogP contribution is 2.30. The number of hydrogen-bond donors (Lipinski definition) is 2. The van der Waals surface area contributed by atoms with Crippen molar-refractivity contribution in [2.24, 2.45) is 11.7 Å². The summed E-state index contributed by atoms with van der Waals surface area (Å²) in [5, 5.41) is 0. The van der Waals surface area contributed by atoms with E-state index in [0.717, 1.165) is 31.6 Å². The van der Waals surface area contributed by atoms with E-state index >= 15 is 0 Å². The van der Waals surface area contributed by atoms with E-state index in [9.17, 15) is 9.18 Å². The van der Waals surface area contributed by atoms with Crippen LogP contribution in [0.15, 0.2) is 18.2 Å². The van der Waals surface area contributed by atoms with Gasteiger partial charge in [-0.2, -0.15) is 0 Å². The largest absolute Gasteiger partial charge is 0.395 e. The molecule has 0 spiro atoms. The van der Waals surface area contributed by atoms with Crippen molar-refractivity contribution in [3.63, 3.8) is 0 Å². The zero-order valence-electron chi connectivity index (χ0n) is 10.2. The summed E-state index contributed by atoms with van der Waals surface area (Å²) in [6, 6.07) is 4.85. The van der Waals surface area contributed by atoms with Crippen molar-refractivity contribution < 1.29 is 9.18 Å². The van der Waals surface area contributed by atoms with E-state index in [1.165, 1.54) is 6.07 Å². The number of amides is 1. The number of benzene rings is 1. The van der Waals surface area contributed by atoms with Crippen LogP contribution >= 0.6 is 0 Å². The second-order valence-corrected chi connectivity index (χ2v) is 4.77. The van der Waals surface area contributed by atoms with Gasteiger partial charge in [0.1, 0.15) is 5.82 Å². The normalized spacial score (nSPS) is 16.8. The van der Waals surface area contributed by atoms with E-state index in [0.29, 0.717) is 12.3 Å². The highest BCUT2D eigenvalue weighted by molar-refractivity contribution is 5.74. The summed E-state index contributed by atoms with van der Waals surface area (Å²) < 4.78 is 13.4. The zero-order valence-corrected chi connectivity index (χ0v) is 10.2. The molecule has 0 radical (unpaired) electrons. The molecule has 18 heavy (non-hydrogen) atoms. The minimum absolute atomic E-state index is 0.200. The van der Waals surface area contributed by atoms with E-state index in [1.54, 1.807) is 6.07 Å². The maximum absolute atomic E-state index is 13.4. The molecular formula is C13H18FN3O. The molecule has 0 aliphatic carbocycles. The van der Waals surface area contributed by atoms with E-state index in [-0.39, 0.29) is 17.4 Å². The summed E-state index contributed by atoms with van der Waals surface area (Å²) in [5.41, 5.74) is 11.9. The number of carbonyl (C=O) groups excluding carboxylic acids is 1. The van der Waals surface area contributed by atoms with E-state index in [4.69, 9.17) is 11.5 Å². The van der Waals surface area contributed by atoms with E-state index < -0.39 is 0 Å². The van der Waals surface area contributed by atoms with Crippen LogP contribution in [0.1, 0.15) is 19.3 Å². The third-order valence-electron chi connectivity index (χ3n) is 3.47. The molecule has 2 rings (SSSR count). The molecule has 0 aromatic heterocycles. The van der Waals surface area contributed by atoms with Crippen LogP contribution in [0, 0.1) is 11.7 Å². The summed E-state index contributed by atoms with van der Waals surface area (Å²) in [5.74, 6) is -0.293. The van der Waals surface area contributed by atoms with E-state index in [1.807, 2.05) is 6.07 Å². The molecule has 4 nitrogen and oxygen atoms in total. The number of carbonyl (C=O) groups is 1. The van der Waals surface area contributed by atoms with Crippen molar-refractivity contribution >= 4 is 17.3 Å². The quantitative estimate of drug-likeness (QED) is 0.800. The lowest BCUT2D eigenvalue weighted by Gasteiger charge is -2.33. The van der Waals surface area contributed by atoms with Crippen LogP contribution in [0.5, 0.6) is 0 Å². The lowest BCUT2D eigenvalue weighted by molar-refractivity contribution is -0.119. The molecule has 1 aliphatic rings. The topological polar surface area (TPSA) is 72.4 Å². The van der Waals surface area contributed by atoms with Crippen molar-refractivity contribution in [1.29, 1.82) is 0 Å². The van der Waals surface area contributed by atoms with Gasteiger partial charge in [0.15, 0.2) is 0 Å². The maximum Gasteiger partial charge on any atom is 0.217 e. The first-order valence-electron chi connectivity index (χ1n) is 6.15. The lowest BCUT2D eigenvalue weighted by atomic mass is 9.93. The SMILES string of the molecule is NC(=O)CC1CCN(c2cccc(F)c2N)CC1. The smallest absolute Gasteiger partial charge is 0.217 e. The summed E-state index contributed by atoms with van der Waals surface area (Å²) in [6.07, 6.45) is 2.21. The first-order chi connectivity index (χ1) is 8.58. The summed E-state index contributed by atoms with van der Waals surface area (Å²) in [6.45, 7) is 1.57. The Morgan fingerprint density at radius 2 is 2.06 bits per heavy atom. The van der Waals surface area contributed by atoms with Gasteiger partial charge in [0.2, 0.25) is 5.91 Å². The second-order valence-electron chi connectivity index (χ2n) is 4.77. The van der Waals surface area contributed by atoms with Gasteiger partial charge in [-0.1, -0.05) is 6.07 Å². The van der Waals surface area contributed by atoms with Crippen molar-refractivity contribution in [2.75, 3.05) is 23.7 Å². The number of nitrogens with zero attached hydrogens (tertiary/aromatic N) is 1. The maximum atomic E-state index is 13.4. The number of nitrogens with two attached hydrogens (primary N) is 2. The highest BCUT2D eigenvalue weighted by atomic mass is 19.1. The fourth-order valence-electron chi connectivity index (χ4n) is 2.46. The average molecular weight is 251 g/mol. The molecule has 98 valence electrons.